The number of carbonyl (C=O) groups excluding carboxylic acids is 1. The van der Waals surface area contributed by atoms with Gasteiger partial charge < -0.3 is 19.5 Å². The molecule has 8 nitrogen and oxygen atoms in total. The standard InChI is InChI=1S/C21H28N2O6S/c1-6-23(7-2)30(25,26)20-13-15(9-12-18(20)29-8-3)22-21(24)17-11-10-16(27-4)14-19(17)28-5/h9-14H,6-8H2,1-5H3,(H,22,24). The van der Waals surface area contributed by atoms with Gasteiger partial charge in [-0.3, -0.25) is 4.79 Å². The lowest BCUT2D eigenvalue weighted by Gasteiger charge is -2.21. The summed E-state index contributed by atoms with van der Waals surface area (Å²) in [6.07, 6.45) is 0. The Morgan fingerprint density at radius 2 is 1.67 bits per heavy atom. The summed E-state index contributed by atoms with van der Waals surface area (Å²) >= 11 is 0. The SMILES string of the molecule is CCOc1ccc(NC(=O)c2ccc(OC)cc2OC)cc1S(=O)(=O)N(CC)CC. The van der Waals surface area contributed by atoms with Crippen LogP contribution < -0.4 is 19.5 Å². The quantitative estimate of drug-likeness (QED) is 0.614. The van der Waals surface area contributed by atoms with E-state index in [9.17, 15) is 13.2 Å². The van der Waals surface area contributed by atoms with Gasteiger partial charge in [-0.15, -0.1) is 0 Å². The molecule has 0 aliphatic rings. The predicted octanol–water partition coefficient (Wildman–Crippen LogP) is 3.39. The van der Waals surface area contributed by atoms with E-state index in [1.54, 1.807) is 51.1 Å². The van der Waals surface area contributed by atoms with Crippen molar-refractivity contribution in [1.29, 1.82) is 0 Å². The zero-order valence-corrected chi connectivity index (χ0v) is 18.7. The fourth-order valence-electron chi connectivity index (χ4n) is 2.95. The molecule has 0 heterocycles. The molecular formula is C21H28N2O6S. The zero-order valence-electron chi connectivity index (χ0n) is 17.9. The minimum Gasteiger partial charge on any atom is -0.497 e. The second-order valence-electron chi connectivity index (χ2n) is 6.20. The summed E-state index contributed by atoms with van der Waals surface area (Å²) in [5, 5.41) is 2.73. The highest BCUT2D eigenvalue weighted by molar-refractivity contribution is 7.89. The van der Waals surface area contributed by atoms with E-state index in [1.165, 1.54) is 24.6 Å². The summed E-state index contributed by atoms with van der Waals surface area (Å²) in [5.74, 6) is 0.695. The maximum atomic E-state index is 13.1. The third-order valence-electron chi connectivity index (χ3n) is 4.48. The second kappa shape index (κ2) is 10.3. The van der Waals surface area contributed by atoms with Gasteiger partial charge in [0, 0.05) is 24.8 Å². The summed E-state index contributed by atoms with van der Waals surface area (Å²) in [6, 6.07) is 9.37. The van der Waals surface area contributed by atoms with E-state index in [0.29, 0.717) is 42.4 Å². The normalized spacial score (nSPS) is 11.3. The van der Waals surface area contributed by atoms with E-state index in [4.69, 9.17) is 14.2 Å². The van der Waals surface area contributed by atoms with Crippen molar-refractivity contribution in [2.75, 3.05) is 39.2 Å². The van der Waals surface area contributed by atoms with Crippen LogP contribution in [-0.4, -0.2) is 52.5 Å². The van der Waals surface area contributed by atoms with Gasteiger partial charge in [0.05, 0.1) is 26.4 Å². The van der Waals surface area contributed by atoms with Gasteiger partial charge in [-0.25, -0.2) is 8.42 Å². The summed E-state index contributed by atoms with van der Waals surface area (Å²) in [6.45, 7) is 6.27. The summed E-state index contributed by atoms with van der Waals surface area (Å²) in [4.78, 5) is 12.8. The highest BCUT2D eigenvalue weighted by Gasteiger charge is 2.26. The first-order valence-corrected chi connectivity index (χ1v) is 11.1. The monoisotopic (exact) mass is 436 g/mol. The summed E-state index contributed by atoms with van der Waals surface area (Å²) in [7, 11) is -0.807. The van der Waals surface area contributed by atoms with Crippen LogP contribution in [0.1, 0.15) is 31.1 Å². The minimum atomic E-state index is -3.78. The lowest BCUT2D eigenvalue weighted by molar-refractivity contribution is 0.102. The Labute approximate surface area is 177 Å². The number of carbonyl (C=O) groups is 1. The van der Waals surface area contributed by atoms with Crippen LogP contribution in [0, 0.1) is 0 Å². The van der Waals surface area contributed by atoms with Crippen molar-refractivity contribution in [2.24, 2.45) is 0 Å². The molecule has 0 fully saturated rings. The Kier molecular flexibility index (Phi) is 8.08. The molecule has 30 heavy (non-hydrogen) atoms. The zero-order chi connectivity index (χ0) is 22.3. The molecule has 0 atom stereocenters. The molecule has 2 aromatic rings. The van der Waals surface area contributed by atoms with Gasteiger partial charge in [-0.1, -0.05) is 13.8 Å². The molecule has 0 aliphatic heterocycles. The Morgan fingerprint density at radius 1 is 0.967 bits per heavy atom. The van der Waals surface area contributed by atoms with Crippen molar-refractivity contribution >= 4 is 21.6 Å². The van der Waals surface area contributed by atoms with E-state index >= 15 is 0 Å². The van der Waals surface area contributed by atoms with Crippen LogP contribution in [0.4, 0.5) is 5.69 Å². The van der Waals surface area contributed by atoms with E-state index in [1.807, 2.05) is 0 Å². The number of rotatable bonds is 10. The number of nitrogens with one attached hydrogen (secondary N) is 1. The number of methoxy groups -OCH3 is 2. The Bertz CT molecular complexity index is 987. The maximum absolute atomic E-state index is 13.1. The molecule has 2 aromatic carbocycles. The average Bonchev–Trinajstić information content (AvgIpc) is 2.74. The van der Waals surface area contributed by atoms with Gasteiger partial charge in [-0.05, 0) is 37.3 Å². The van der Waals surface area contributed by atoms with Crippen LogP contribution in [0.2, 0.25) is 0 Å². The first-order chi connectivity index (χ1) is 14.3. The number of anilines is 1. The topological polar surface area (TPSA) is 94.2 Å². The van der Waals surface area contributed by atoms with Crippen molar-refractivity contribution in [1.82, 2.24) is 4.31 Å². The largest absolute Gasteiger partial charge is 0.497 e. The Hall–Kier alpha value is -2.78. The van der Waals surface area contributed by atoms with Crippen LogP contribution in [0.3, 0.4) is 0 Å². The van der Waals surface area contributed by atoms with Crippen LogP contribution in [0.25, 0.3) is 0 Å². The third kappa shape index (κ3) is 5.03. The molecule has 0 aromatic heterocycles. The molecule has 0 spiro atoms. The van der Waals surface area contributed by atoms with Gasteiger partial charge in [-0.2, -0.15) is 4.31 Å². The third-order valence-corrected chi connectivity index (χ3v) is 6.55. The van der Waals surface area contributed by atoms with Crippen LogP contribution in [-0.2, 0) is 10.0 Å². The van der Waals surface area contributed by atoms with Crippen molar-refractivity contribution in [2.45, 2.75) is 25.7 Å². The molecule has 0 unspecified atom stereocenters. The molecule has 9 heteroatoms. The van der Waals surface area contributed by atoms with Crippen LogP contribution in [0.15, 0.2) is 41.3 Å². The fraction of sp³-hybridized carbons (Fsp3) is 0.381. The van der Waals surface area contributed by atoms with E-state index in [-0.39, 0.29) is 10.6 Å². The van der Waals surface area contributed by atoms with Crippen LogP contribution >= 0.6 is 0 Å². The Morgan fingerprint density at radius 3 is 2.23 bits per heavy atom. The number of nitrogens with zero attached hydrogens (tertiary/aromatic N) is 1. The molecule has 0 saturated carbocycles. The molecule has 0 bridgehead atoms. The number of hydrogen-bond donors (Lipinski definition) is 1. The molecule has 1 N–H and O–H groups in total. The molecule has 0 aliphatic carbocycles. The highest BCUT2D eigenvalue weighted by atomic mass is 32.2. The summed E-state index contributed by atoms with van der Waals surface area (Å²) in [5.41, 5.74) is 0.618. The first-order valence-electron chi connectivity index (χ1n) is 9.62. The predicted molar refractivity (Wildman–Crippen MR) is 115 cm³/mol. The van der Waals surface area contributed by atoms with E-state index in [2.05, 4.69) is 5.32 Å². The maximum Gasteiger partial charge on any atom is 0.259 e. The highest BCUT2D eigenvalue weighted by Crippen LogP contribution is 2.31. The van der Waals surface area contributed by atoms with Gasteiger partial charge >= 0.3 is 0 Å². The molecule has 1 amide bonds. The number of benzene rings is 2. The fourth-order valence-corrected chi connectivity index (χ4v) is 4.56. The molecular weight excluding hydrogens is 408 g/mol. The van der Waals surface area contributed by atoms with E-state index < -0.39 is 15.9 Å². The smallest absolute Gasteiger partial charge is 0.259 e. The number of amides is 1. The van der Waals surface area contributed by atoms with Gasteiger partial charge in [0.15, 0.2) is 0 Å². The molecule has 0 radical (unpaired) electrons. The molecule has 164 valence electrons. The van der Waals surface area contributed by atoms with Crippen LogP contribution in [0.5, 0.6) is 17.2 Å². The van der Waals surface area contributed by atoms with Crippen molar-refractivity contribution in [3.8, 4) is 17.2 Å². The van der Waals surface area contributed by atoms with Crippen molar-refractivity contribution in [3.63, 3.8) is 0 Å². The number of ether oxygens (including phenoxy) is 3. The minimum absolute atomic E-state index is 0.00699. The first kappa shape index (κ1) is 23.5. The van der Waals surface area contributed by atoms with Gasteiger partial charge in [0.1, 0.15) is 22.1 Å². The average molecular weight is 437 g/mol. The second-order valence-corrected chi connectivity index (χ2v) is 8.11. The molecule has 0 saturated heterocycles. The number of sulfonamides is 1. The molecule has 2 rings (SSSR count). The van der Waals surface area contributed by atoms with Gasteiger partial charge in [0.2, 0.25) is 10.0 Å². The van der Waals surface area contributed by atoms with Crippen molar-refractivity contribution < 1.29 is 27.4 Å². The Balaban J connectivity index is 2.43. The van der Waals surface area contributed by atoms with Crippen molar-refractivity contribution in [3.05, 3.63) is 42.0 Å². The lowest BCUT2D eigenvalue weighted by Crippen LogP contribution is -2.31. The van der Waals surface area contributed by atoms with E-state index in [0.717, 1.165) is 0 Å². The van der Waals surface area contributed by atoms with Gasteiger partial charge in [0.25, 0.3) is 5.91 Å². The summed E-state index contributed by atoms with van der Waals surface area (Å²) < 4.78 is 43.4. The lowest BCUT2D eigenvalue weighted by atomic mass is 10.1. The number of hydrogen-bond acceptors (Lipinski definition) is 6.